The Kier molecular flexibility index (Phi) is 6.23. The van der Waals surface area contributed by atoms with Crippen molar-refractivity contribution < 1.29 is 4.79 Å². The van der Waals surface area contributed by atoms with E-state index in [1.165, 1.54) is 11.1 Å². The lowest BCUT2D eigenvalue weighted by molar-refractivity contribution is -0.118. The highest BCUT2D eigenvalue weighted by Gasteiger charge is 2.13. The van der Waals surface area contributed by atoms with Gasteiger partial charge in [0.2, 0.25) is 5.91 Å². The highest BCUT2D eigenvalue weighted by Crippen LogP contribution is 2.23. The maximum Gasteiger partial charge on any atom is 0.219 e. The lowest BCUT2D eigenvalue weighted by Crippen LogP contribution is -2.16. The average molecular weight is 342 g/mol. The van der Waals surface area contributed by atoms with Gasteiger partial charge in [0.05, 0.1) is 0 Å². The lowest BCUT2D eigenvalue weighted by Gasteiger charge is -2.19. The van der Waals surface area contributed by atoms with Crippen LogP contribution in [0.25, 0.3) is 0 Å². The van der Waals surface area contributed by atoms with E-state index >= 15 is 0 Å². The van der Waals surface area contributed by atoms with Crippen LogP contribution < -0.4 is 11.1 Å². The van der Waals surface area contributed by atoms with Gasteiger partial charge in [0.25, 0.3) is 0 Å². The number of aryl methyl sites for hydroxylation is 1. The molecule has 0 aliphatic heterocycles. The van der Waals surface area contributed by atoms with E-state index in [0.29, 0.717) is 18.9 Å². The number of carbonyl (C=O) groups excluding carboxylic acids is 1. The molecule has 0 saturated heterocycles. The summed E-state index contributed by atoms with van der Waals surface area (Å²) in [7, 11) is 0. The van der Waals surface area contributed by atoms with Crippen molar-refractivity contribution in [3.05, 3.63) is 47.7 Å². The average Bonchev–Trinajstić information content (AvgIpc) is 2.98. The minimum Gasteiger partial charge on any atom is -0.370 e. The maximum absolute atomic E-state index is 10.8. The van der Waals surface area contributed by atoms with Crippen LogP contribution >= 0.6 is 0 Å². The molecule has 1 unspecified atom stereocenters. The van der Waals surface area contributed by atoms with Crippen molar-refractivity contribution in [2.24, 2.45) is 11.7 Å². The fraction of sp³-hybridized carbons (Fsp3) is 0.500. The largest absolute Gasteiger partial charge is 0.370 e. The van der Waals surface area contributed by atoms with Crippen LogP contribution in [0.15, 0.2) is 36.5 Å². The number of rotatable bonds is 8. The minimum absolute atomic E-state index is 0.193. The molecule has 1 aromatic heterocycles. The summed E-state index contributed by atoms with van der Waals surface area (Å²) in [6, 6.07) is 10.9. The number of anilines is 1. The number of hydrogen-bond donors (Lipinski definition) is 2. The molecule has 1 aromatic carbocycles. The molecule has 25 heavy (non-hydrogen) atoms. The van der Waals surface area contributed by atoms with Crippen LogP contribution in [0.1, 0.15) is 45.2 Å². The van der Waals surface area contributed by atoms with Crippen LogP contribution in [0.3, 0.4) is 0 Å². The van der Waals surface area contributed by atoms with E-state index in [1.54, 1.807) is 4.68 Å². The zero-order valence-electron chi connectivity index (χ0n) is 15.7. The fourth-order valence-corrected chi connectivity index (χ4v) is 2.70. The molecule has 5 heteroatoms. The number of primary amides is 1. The second-order valence-corrected chi connectivity index (χ2v) is 7.82. The quantitative estimate of drug-likeness (QED) is 0.773. The molecule has 5 nitrogen and oxygen atoms in total. The molecule has 0 spiro atoms. The van der Waals surface area contributed by atoms with E-state index in [1.807, 2.05) is 12.3 Å². The lowest BCUT2D eigenvalue weighted by atomic mass is 9.86. The molecular weight excluding hydrogens is 312 g/mol. The summed E-state index contributed by atoms with van der Waals surface area (Å²) in [5.74, 6) is 1.02. The van der Waals surface area contributed by atoms with Crippen molar-refractivity contribution in [3.8, 4) is 0 Å². The minimum atomic E-state index is -0.309. The Morgan fingerprint density at radius 3 is 2.52 bits per heavy atom. The van der Waals surface area contributed by atoms with E-state index in [-0.39, 0.29) is 11.3 Å². The standard InChI is InChI=1S/C20H30N4O/c1-15(13-16-5-7-17(8-6-16)20(2,3)4)14-22-19-10-12-24(23-19)11-9-18(21)25/h5-8,10,12,15H,9,11,13-14H2,1-4H3,(H2,21,25)(H,22,23). The van der Waals surface area contributed by atoms with Gasteiger partial charge in [0.15, 0.2) is 0 Å². The Balaban J connectivity index is 1.80. The van der Waals surface area contributed by atoms with Gasteiger partial charge in [-0.15, -0.1) is 0 Å². The Morgan fingerprint density at radius 2 is 1.92 bits per heavy atom. The van der Waals surface area contributed by atoms with Gasteiger partial charge in [-0.1, -0.05) is 52.0 Å². The predicted octanol–water partition coefficient (Wildman–Crippen LogP) is 3.35. The number of amides is 1. The van der Waals surface area contributed by atoms with Gasteiger partial charge < -0.3 is 11.1 Å². The number of hydrogen-bond acceptors (Lipinski definition) is 3. The van der Waals surface area contributed by atoms with Crippen molar-refractivity contribution in [1.82, 2.24) is 9.78 Å². The molecule has 0 saturated carbocycles. The first-order valence-corrected chi connectivity index (χ1v) is 8.89. The second-order valence-electron chi connectivity index (χ2n) is 7.82. The molecule has 0 bridgehead atoms. The fourth-order valence-electron chi connectivity index (χ4n) is 2.70. The van der Waals surface area contributed by atoms with Crippen LogP contribution in [0, 0.1) is 5.92 Å². The smallest absolute Gasteiger partial charge is 0.219 e. The summed E-state index contributed by atoms with van der Waals surface area (Å²) in [4.78, 5) is 10.8. The molecule has 1 heterocycles. The topological polar surface area (TPSA) is 72.9 Å². The summed E-state index contributed by atoms with van der Waals surface area (Å²) in [6.45, 7) is 10.3. The molecule has 1 atom stereocenters. The summed E-state index contributed by atoms with van der Waals surface area (Å²) in [5, 5.41) is 7.76. The SMILES string of the molecule is CC(CNc1ccn(CCC(N)=O)n1)Cc1ccc(C(C)(C)C)cc1. The molecular formula is C20H30N4O. The van der Waals surface area contributed by atoms with Gasteiger partial charge >= 0.3 is 0 Å². The van der Waals surface area contributed by atoms with Gasteiger partial charge in [0.1, 0.15) is 5.82 Å². The number of benzene rings is 1. The molecule has 0 radical (unpaired) electrons. The summed E-state index contributed by atoms with van der Waals surface area (Å²) in [6.07, 6.45) is 3.20. The zero-order chi connectivity index (χ0) is 18.4. The van der Waals surface area contributed by atoms with E-state index in [2.05, 4.69) is 62.4 Å². The van der Waals surface area contributed by atoms with Crippen molar-refractivity contribution in [2.75, 3.05) is 11.9 Å². The van der Waals surface area contributed by atoms with Gasteiger partial charge in [-0.05, 0) is 28.9 Å². The van der Waals surface area contributed by atoms with E-state index in [9.17, 15) is 4.79 Å². The predicted molar refractivity (Wildman–Crippen MR) is 103 cm³/mol. The van der Waals surface area contributed by atoms with Gasteiger partial charge in [-0.3, -0.25) is 9.48 Å². The first kappa shape index (κ1) is 19.0. The third-order valence-electron chi connectivity index (χ3n) is 4.26. The third kappa shape index (κ3) is 6.25. The van der Waals surface area contributed by atoms with Gasteiger partial charge in [0, 0.05) is 31.8 Å². The summed E-state index contributed by atoms with van der Waals surface area (Å²) < 4.78 is 1.74. The maximum atomic E-state index is 10.8. The van der Waals surface area contributed by atoms with Gasteiger partial charge in [-0.2, -0.15) is 5.10 Å². The second kappa shape index (κ2) is 8.19. The Hall–Kier alpha value is -2.30. The van der Waals surface area contributed by atoms with Crippen LogP contribution in [-0.4, -0.2) is 22.2 Å². The Labute approximate surface area is 150 Å². The molecule has 0 aliphatic carbocycles. The normalized spacial score (nSPS) is 12.8. The molecule has 1 amide bonds. The molecule has 2 aromatic rings. The highest BCUT2D eigenvalue weighted by atomic mass is 16.1. The van der Waals surface area contributed by atoms with Crippen molar-refractivity contribution >= 4 is 11.7 Å². The van der Waals surface area contributed by atoms with E-state index in [0.717, 1.165) is 18.8 Å². The van der Waals surface area contributed by atoms with Crippen molar-refractivity contribution in [1.29, 1.82) is 0 Å². The Bertz CT molecular complexity index is 682. The molecule has 2 rings (SSSR count). The van der Waals surface area contributed by atoms with E-state index in [4.69, 9.17) is 5.73 Å². The van der Waals surface area contributed by atoms with Crippen LogP contribution in [-0.2, 0) is 23.2 Å². The van der Waals surface area contributed by atoms with Crippen molar-refractivity contribution in [2.45, 2.75) is 52.5 Å². The number of nitrogens with one attached hydrogen (secondary N) is 1. The molecule has 3 N–H and O–H groups in total. The summed E-state index contributed by atoms with van der Waals surface area (Å²) in [5.41, 5.74) is 8.07. The highest BCUT2D eigenvalue weighted by molar-refractivity contribution is 5.73. The third-order valence-corrected chi connectivity index (χ3v) is 4.26. The summed E-state index contributed by atoms with van der Waals surface area (Å²) >= 11 is 0. The van der Waals surface area contributed by atoms with Crippen LogP contribution in [0.4, 0.5) is 5.82 Å². The number of nitrogens with two attached hydrogens (primary N) is 1. The first-order valence-electron chi connectivity index (χ1n) is 8.89. The van der Waals surface area contributed by atoms with Crippen molar-refractivity contribution in [3.63, 3.8) is 0 Å². The van der Waals surface area contributed by atoms with Crippen LogP contribution in [0.2, 0.25) is 0 Å². The Morgan fingerprint density at radius 1 is 1.24 bits per heavy atom. The number of aromatic nitrogens is 2. The van der Waals surface area contributed by atoms with Gasteiger partial charge in [-0.25, -0.2) is 0 Å². The first-order chi connectivity index (χ1) is 11.7. The molecule has 136 valence electrons. The van der Waals surface area contributed by atoms with Crippen LogP contribution in [0.5, 0.6) is 0 Å². The number of nitrogens with zero attached hydrogens (tertiary/aromatic N) is 2. The molecule has 0 aliphatic rings. The molecule has 0 fully saturated rings. The zero-order valence-corrected chi connectivity index (χ0v) is 15.7. The monoisotopic (exact) mass is 342 g/mol. The van der Waals surface area contributed by atoms with E-state index < -0.39 is 0 Å². The number of carbonyl (C=O) groups is 1.